The Morgan fingerprint density at radius 2 is 2.00 bits per heavy atom. The number of nitrogens with zero attached hydrogens (tertiary/aromatic N) is 1. The van der Waals surface area contributed by atoms with Crippen LogP contribution in [0.5, 0.6) is 0 Å². The Labute approximate surface area is 184 Å². The van der Waals surface area contributed by atoms with Crippen molar-refractivity contribution >= 4 is 14.3 Å². The lowest BCUT2D eigenvalue weighted by Gasteiger charge is -2.57. The second kappa shape index (κ2) is 9.16. The molecule has 168 valence electrons. The first-order chi connectivity index (χ1) is 14.0. The molecule has 0 N–H and O–H groups in total. The van der Waals surface area contributed by atoms with Crippen molar-refractivity contribution in [2.45, 2.75) is 110 Å². The molecule has 4 nitrogen and oxygen atoms in total. The van der Waals surface area contributed by atoms with Crippen molar-refractivity contribution in [3.05, 3.63) is 11.1 Å². The molecule has 0 bridgehead atoms. The van der Waals surface area contributed by atoms with Crippen LogP contribution < -0.4 is 0 Å². The number of allylic oxidation sites excluding steroid dienone is 2. The van der Waals surface area contributed by atoms with Gasteiger partial charge in [0.05, 0.1) is 6.07 Å². The molecule has 3 rings (SSSR count). The number of fused-ring (bicyclic) bond motifs is 3. The highest BCUT2D eigenvalue weighted by Gasteiger charge is 2.52. The van der Waals surface area contributed by atoms with E-state index in [1.807, 2.05) is 0 Å². The number of carbonyl (C=O) groups is 1. The van der Waals surface area contributed by atoms with Gasteiger partial charge >= 0.3 is 5.97 Å². The highest BCUT2D eigenvalue weighted by molar-refractivity contribution is 6.69. The lowest BCUT2D eigenvalue weighted by molar-refractivity contribution is -0.154. The third-order valence-corrected chi connectivity index (χ3v) is 9.11. The molecular weight excluding hydrogens is 390 g/mol. The van der Waals surface area contributed by atoms with Crippen molar-refractivity contribution in [2.24, 2.45) is 23.2 Å². The zero-order chi connectivity index (χ0) is 22.1. The van der Waals surface area contributed by atoms with Crippen LogP contribution in [0.3, 0.4) is 0 Å². The standard InChI is InChI=1S/C25H41NO3Si/c1-17-7-12-24-23(22(17)11-9-21(16-26)29-30(4,5)6)10-8-19-15-20(28-18(2)27)13-14-25(19,24)3/h19-21,23-24H,7-15H2,1-6H3. The van der Waals surface area contributed by atoms with E-state index in [0.29, 0.717) is 17.3 Å². The molecule has 5 heteroatoms. The van der Waals surface area contributed by atoms with Gasteiger partial charge in [-0.2, -0.15) is 5.26 Å². The fraction of sp³-hybridized carbons (Fsp3) is 0.840. The number of nitriles is 1. The summed E-state index contributed by atoms with van der Waals surface area (Å²) in [6, 6.07) is 2.41. The number of ether oxygens (including phenoxy) is 1. The number of carbonyl (C=O) groups excluding carboxylic acids is 1. The van der Waals surface area contributed by atoms with Gasteiger partial charge in [-0.25, -0.2) is 0 Å². The van der Waals surface area contributed by atoms with Crippen molar-refractivity contribution in [1.82, 2.24) is 0 Å². The quantitative estimate of drug-likeness (QED) is 0.278. The summed E-state index contributed by atoms with van der Waals surface area (Å²) in [4.78, 5) is 11.4. The molecular formula is C25H41NO3Si. The molecule has 2 fully saturated rings. The molecule has 0 heterocycles. The van der Waals surface area contributed by atoms with Crippen LogP contribution in [0.2, 0.25) is 19.6 Å². The topological polar surface area (TPSA) is 59.3 Å². The van der Waals surface area contributed by atoms with E-state index in [0.717, 1.165) is 31.6 Å². The molecule has 0 saturated heterocycles. The summed E-state index contributed by atoms with van der Waals surface area (Å²) in [5, 5.41) is 9.60. The van der Waals surface area contributed by atoms with E-state index in [9.17, 15) is 10.1 Å². The Kier molecular flexibility index (Phi) is 7.19. The van der Waals surface area contributed by atoms with Gasteiger partial charge in [0.15, 0.2) is 8.32 Å². The summed E-state index contributed by atoms with van der Waals surface area (Å²) in [6.07, 6.45) is 9.86. The zero-order valence-electron chi connectivity index (χ0n) is 19.9. The molecule has 0 radical (unpaired) electrons. The van der Waals surface area contributed by atoms with Crippen LogP contribution in [-0.4, -0.2) is 26.5 Å². The average Bonchev–Trinajstić information content (AvgIpc) is 2.65. The maximum atomic E-state index is 11.4. The number of rotatable bonds is 6. The second-order valence-electron chi connectivity index (χ2n) is 11.2. The van der Waals surface area contributed by atoms with E-state index in [1.165, 1.54) is 39.0 Å². The molecule has 0 amide bonds. The molecule has 0 aromatic carbocycles. The highest BCUT2D eigenvalue weighted by atomic mass is 28.4. The van der Waals surface area contributed by atoms with E-state index < -0.39 is 8.32 Å². The van der Waals surface area contributed by atoms with Gasteiger partial charge in [0.2, 0.25) is 0 Å². The first-order valence-corrected chi connectivity index (χ1v) is 15.4. The molecule has 3 aliphatic rings. The third-order valence-electron chi connectivity index (χ3n) is 8.12. The minimum Gasteiger partial charge on any atom is -0.463 e. The smallest absolute Gasteiger partial charge is 0.302 e. The molecule has 0 spiro atoms. The summed E-state index contributed by atoms with van der Waals surface area (Å²) in [6.45, 7) is 12.8. The van der Waals surface area contributed by atoms with Crippen molar-refractivity contribution in [3.8, 4) is 6.07 Å². The van der Waals surface area contributed by atoms with Gasteiger partial charge < -0.3 is 9.16 Å². The number of esters is 1. The average molecular weight is 432 g/mol. The van der Waals surface area contributed by atoms with Gasteiger partial charge in [0, 0.05) is 6.92 Å². The normalized spacial score (nSPS) is 35.1. The SMILES string of the molecule is CC(=O)OC1CCC2(C)C(CCC3C(CCC(C#N)O[Si](C)(C)C)=C(C)CCC32)C1. The summed E-state index contributed by atoms with van der Waals surface area (Å²) < 4.78 is 11.7. The summed E-state index contributed by atoms with van der Waals surface area (Å²) in [7, 11) is -1.71. The van der Waals surface area contributed by atoms with Gasteiger partial charge in [-0.1, -0.05) is 18.1 Å². The monoisotopic (exact) mass is 431 g/mol. The largest absolute Gasteiger partial charge is 0.463 e. The summed E-state index contributed by atoms with van der Waals surface area (Å²) >= 11 is 0. The number of hydrogen-bond donors (Lipinski definition) is 0. The van der Waals surface area contributed by atoms with Gasteiger partial charge in [-0.3, -0.25) is 4.79 Å². The van der Waals surface area contributed by atoms with Crippen molar-refractivity contribution in [3.63, 3.8) is 0 Å². The Bertz CT molecular complexity index is 719. The summed E-state index contributed by atoms with van der Waals surface area (Å²) in [5.74, 6) is 1.92. The lowest BCUT2D eigenvalue weighted by atomic mass is 9.48. The molecule has 6 unspecified atom stereocenters. The van der Waals surface area contributed by atoms with Gasteiger partial charge in [0.1, 0.15) is 12.2 Å². The van der Waals surface area contributed by atoms with Gasteiger partial charge in [0.25, 0.3) is 0 Å². The van der Waals surface area contributed by atoms with E-state index in [2.05, 4.69) is 39.6 Å². The van der Waals surface area contributed by atoms with Gasteiger partial charge in [-0.15, -0.1) is 0 Å². The van der Waals surface area contributed by atoms with Crippen LogP contribution in [0.25, 0.3) is 0 Å². The van der Waals surface area contributed by atoms with Crippen molar-refractivity contribution < 1.29 is 14.0 Å². The first kappa shape index (κ1) is 23.5. The van der Waals surface area contributed by atoms with E-state index >= 15 is 0 Å². The predicted octanol–water partition coefficient (Wildman–Crippen LogP) is 6.38. The maximum absolute atomic E-state index is 11.4. The van der Waals surface area contributed by atoms with Crippen LogP contribution in [-0.2, 0) is 14.0 Å². The second-order valence-corrected chi connectivity index (χ2v) is 15.7. The molecule has 0 aromatic rings. The zero-order valence-corrected chi connectivity index (χ0v) is 20.9. The predicted molar refractivity (Wildman–Crippen MR) is 122 cm³/mol. The number of hydrogen-bond acceptors (Lipinski definition) is 4. The highest BCUT2D eigenvalue weighted by Crippen LogP contribution is 2.60. The fourth-order valence-electron chi connectivity index (χ4n) is 6.76. The Balaban J connectivity index is 1.70. The molecule has 6 atom stereocenters. The van der Waals surface area contributed by atoms with Crippen LogP contribution in [0.4, 0.5) is 0 Å². The molecule has 30 heavy (non-hydrogen) atoms. The van der Waals surface area contributed by atoms with Crippen molar-refractivity contribution in [1.29, 1.82) is 5.26 Å². The fourth-order valence-corrected chi connectivity index (χ4v) is 7.78. The van der Waals surface area contributed by atoms with E-state index in [1.54, 1.807) is 11.1 Å². The van der Waals surface area contributed by atoms with Crippen LogP contribution in [0.1, 0.15) is 78.6 Å². The molecule has 3 aliphatic carbocycles. The van der Waals surface area contributed by atoms with E-state index in [4.69, 9.17) is 9.16 Å². The summed E-state index contributed by atoms with van der Waals surface area (Å²) in [5.41, 5.74) is 3.55. The van der Waals surface area contributed by atoms with Crippen LogP contribution in [0, 0.1) is 34.5 Å². The maximum Gasteiger partial charge on any atom is 0.302 e. The Hall–Kier alpha value is -1.12. The Morgan fingerprint density at radius 1 is 1.27 bits per heavy atom. The Morgan fingerprint density at radius 3 is 2.63 bits per heavy atom. The third kappa shape index (κ3) is 5.19. The molecule has 0 aromatic heterocycles. The minimum atomic E-state index is -1.71. The van der Waals surface area contributed by atoms with E-state index in [-0.39, 0.29) is 18.2 Å². The van der Waals surface area contributed by atoms with Gasteiger partial charge in [-0.05, 0) is 108 Å². The minimum absolute atomic E-state index is 0.118. The van der Waals surface area contributed by atoms with Crippen LogP contribution >= 0.6 is 0 Å². The van der Waals surface area contributed by atoms with Crippen LogP contribution in [0.15, 0.2) is 11.1 Å². The lowest BCUT2D eigenvalue weighted by Crippen LogP contribution is -2.49. The molecule has 2 saturated carbocycles. The first-order valence-electron chi connectivity index (χ1n) is 12.0. The molecule has 0 aliphatic heterocycles. The van der Waals surface area contributed by atoms with Crippen molar-refractivity contribution in [2.75, 3.05) is 0 Å².